The Morgan fingerprint density at radius 2 is 1.66 bits per heavy atom. The van der Waals surface area contributed by atoms with Crippen molar-refractivity contribution in [1.29, 1.82) is 0 Å². The van der Waals surface area contributed by atoms with Crippen molar-refractivity contribution >= 4 is 58.1 Å². The summed E-state index contributed by atoms with van der Waals surface area (Å²) >= 11 is 5.96. The molecule has 0 aliphatic rings. The van der Waals surface area contributed by atoms with Gasteiger partial charge in [0.05, 0.1) is 13.7 Å². The van der Waals surface area contributed by atoms with E-state index in [2.05, 4.69) is 15.3 Å². The molecule has 0 aliphatic carbocycles. The van der Waals surface area contributed by atoms with Crippen LogP contribution in [0.4, 0.5) is 29.6 Å². The molecular formula is C30H41ClF3N9O7. The second-order valence-electron chi connectivity index (χ2n) is 11.8. The number of hydrogen-bond donors (Lipinski definition) is 3. The molecule has 1 aromatic carbocycles. The van der Waals surface area contributed by atoms with Gasteiger partial charge < -0.3 is 46.0 Å². The van der Waals surface area contributed by atoms with Crippen LogP contribution < -0.4 is 31.2 Å². The van der Waals surface area contributed by atoms with Crippen LogP contribution in [0, 0.1) is 0 Å². The number of fused-ring (bicyclic) bond motifs is 1. The summed E-state index contributed by atoms with van der Waals surface area (Å²) in [5, 5.41) is 11.5. The zero-order valence-corrected chi connectivity index (χ0v) is 29.4. The van der Waals surface area contributed by atoms with Gasteiger partial charge in [0.2, 0.25) is 0 Å². The van der Waals surface area contributed by atoms with Crippen molar-refractivity contribution < 1.29 is 51.5 Å². The van der Waals surface area contributed by atoms with Gasteiger partial charge in [0, 0.05) is 33.3 Å². The standard InChI is InChI=1S/C28H40ClN9O5.C2HF3O2/c1-8-37-19-14-17(42-7)10-11-18(19)38(20(37)15-32-26(40)22-24(30)34-25(31)23(29)33-22)16-21(39)35(5)12-9-13-36(6)27(41)43-28(2,3)4;3-2(4,5)1(6)7/h10-11,14H,8-9,12-13,15-16H2,1-7H3,(H4-,30,31,32,34,40);(H,6,7). The summed E-state index contributed by atoms with van der Waals surface area (Å²) in [6, 6.07) is 5.57. The van der Waals surface area contributed by atoms with Crippen molar-refractivity contribution in [2.45, 2.75) is 65.5 Å². The van der Waals surface area contributed by atoms with Crippen LogP contribution in [-0.4, -0.2) is 94.3 Å². The fraction of sp³-hybridized carbons (Fsp3) is 0.500. The molecular weight excluding hydrogens is 691 g/mol. The second kappa shape index (κ2) is 17.0. The van der Waals surface area contributed by atoms with Gasteiger partial charge in [-0.05, 0) is 46.2 Å². The number of nitrogen functional groups attached to an aromatic ring is 2. The number of carboxylic acids is 1. The minimum absolute atomic E-state index is 0.00901. The zero-order chi connectivity index (χ0) is 38.1. The largest absolute Gasteiger partial charge is 0.542 e. The first kappa shape index (κ1) is 41.1. The maximum absolute atomic E-state index is 13.4. The highest BCUT2D eigenvalue weighted by molar-refractivity contribution is 6.31. The third-order valence-electron chi connectivity index (χ3n) is 6.87. The molecule has 0 atom stereocenters. The highest BCUT2D eigenvalue weighted by Crippen LogP contribution is 2.22. The van der Waals surface area contributed by atoms with E-state index in [9.17, 15) is 27.6 Å². The number of anilines is 2. The first-order valence-corrected chi connectivity index (χ1v) is 15.4. The van der Waals surface area contributed by atoms with E-state index in [4.69, 9.17) is 42.4 Å². The number of alkyl halides is 3. The molecule has 5 N–H and O–H groups in total. The van der Waals surface area contributed by atoms with Gasteiger partial charge >= 0.3 is 12.3 Å². The van der Waals surface area contributed by atoms with Crippen LogP contribution in [0.25, 0.3) is 11.0 Å². The Morgan fingerprint density at radius 3 is 2.20 bits per heavy atom. The lowest BCUT2D eigenvalue weighted by Gasteiger charge is -2.25. The van der Waals surface area contributed by atoms with Crippen molar-refractivity contribution in [3.05, 3.63) is 34.9 Å². The number of nitrogens with two attached hydrogens (primary N) is 2. The number of rotatable bonds is 11. The minimum Gasteiger partial charge on any atom is -0.542 e. The molecule has 2 aromatic heterocycles. The minimum atomic E-state index is -5.19. The van der Waals surface area contributed by atoms with E-state index in [1.807, 2.05) is 55.0 Å². The van der Waals surface area contributed by atoms with Gasteiger partial charge in [0.25, 0.3) is 17.6 Å². The molecule has 0 fully saturated rings. The number of ether oxygens (including phenoxy) is 2. The highest BCUT2D eigenvalue weighted by Gasteiger charge is 2.30. The summed E-state index contributed by atoms with van der Waals surface area (Å²) in [4.78, 5) is 58.4. The van der Waals surface area contributed by atoms with Crippen molar-refractivity contribution in [3.63, 3.8) is 0 Å². The molecule has 0 aliphatic heterocycles. The molecule has 0 bridgehead atoms. The van der Waals surface area contributed by atoms with Crippen LogP contribution in [0.15, 0.2) is 18.2 Å². The maximum Gasteiger partial charge on any atom is 0.430 e. The molecule has 0 spiro atoms. The maximum atomic E-state index is 13.4. The van der Waals surface area contributed by atoms with E-state index in [1.165, 1.54) is 4.90 Å². The van der Waals surface area contributed by atoms with Crippen LogP contribution in [-0.2, 0) is 34.0 Å². The van der Waals surface area contributed by atoms with Crippen molar-refractivity contribution in [3.8, 4) is 5.75 Å². The fourth-order valence-electron chi connectivity index (χ4n) is 4.43. The molecule has 0 unspecified atom stereocenters. The number of amides is 3. The molecule has 3 rings (SSSR count). The van der Waals surface area contributed by atoms with Crippen molar-refractivity contribution in [1.82, 2.24) is 29.7 Å². The molecule has 0 saturated carbocycles. The summed E-state index contributed by atoms with van der Waals surface area (Å²) in [7, 11) is 4.96. The molecule has 3 aromatic rings. The Labute approximate surface area is 291 Å². The van der Waals surface area contributed by atoms with Gasteiger partial charge in [-0.3, -0.25) is 9.59 Å². The van der Waals surface area contributed by atoms with Crippen LogP contribution in [0.1, 0.15) is 50.4 Å². The zero-order valence-electron chi connectivity index (χ0n) is 28.7. The van der Waals surface area contributed by atoms with E-state index in [0.29, 0.717) is 37.6 Å². The van der Waals surface area contributed by atoms with Crippen LogP contribution in [0.5, 0.6) is 5.75 Å². The van der Waals surface area contributed by atoms with Crippen LogP contribution >= 0.6 is 11.6 Å². The quantitative estimate of drug-likeness (QED) is 0.240. The average molecular weight is 732 g/mol. The number of aliphatic carboxylic acids is 1. The van der Waals surface area contributed by atoms with Gasteiger partial charge in [-0.2, -0.15) is 13.2 Å². The SMILES string of the molecule is CCn1c(CNC(=O)c2nc(Cl)c(N)nc2N)[n+](CC(=O)N(C)CCCN(C)C(=O)OC(C)(C)C)c2ccc(OC)cc21.O=C([O-])C(F)(F)F. The molecule has 16 nitrogen and oxygen atoms in total. The molecule has 20 heteroatoms. The lowest BCUT2D eigenvalue weighted by atomic mass is 10.2. The Morgan fingerprint density at radius 1 is 1.06 bits per heavy atom. The average Bonchev–Trinajstić information content (AvgIpc) is 3.31. The van der Waals surface area contributed by atoms with E-state index >= 15 is 0 Å². The lowest BCUT2D eigenvalue weighted by molar-refractivity contribution is -0.668. The topological polar surface area (TPSA) is 215 Å². The Hall–Kier alpha value is -5.07. The molecule has 2 heterocycles. The summed E-state index contributed by atoms with van der Waals surface area (Å²) < 4.78 is 46.2. The highest BCUT2D eigenvalue weighted by atomic mass is 35.5. The van der Waals surface area contributed by atoms with E-state index < -0.39 is 29.7 Å². The predicted molar refractivity (Wildman–Crippen MR) is 174 cm³/mol. The number of benzene rings is 1. The molecule has 0 saturated heterocycles. The van der Waals surface area contributed by atoms with Gasteiger partial charge in [-0.15, -0.1) is 0 Å². The van der Waals surface area contributed by atoms with Crippen molar-refractivity contribution in [2.24, 2.45) is 0 Å². The summed E-state index contributed by atoms with van der Waals surface area (Å²) in [6.07, 6.45) is -5.05. The summed E-state index contributed by atoms with van der Waals surface area (Å²) in [5.41, 5.74) is 12.4. The number of carbonyl (C=O) groups excluding carboxylic acids is 4. The number of aryl methyl sites for hydroxylation is 1. The Bertz CT molecular complexity index is 1710. The lowest BCUT2D eigenvalue weighted by Crippen LogP contribution is -2.48. The number of carbonyl (C=O) groups is 4. The number of nitrogens with zero attached hydrogens (tertiary/aromatic N) is 6. The van der Waals surface area contributed by atoms with E-state index in [1.54, 1.807) is 26.1 Å². The van der Waals surface area contributed by atoms with Gasteiger partial charge in [-0.1, -0.05) is 11.6 Å². The van der Waals surface area contributed by atoms with Crippen LogP contribution in [0.3, 0.4) is 0 Å². The first-order chi connectivity index (χ1) is 23.1. The van der Waals surface area contributed by atoms with E-state index in [-0.39, 0.29) is 41.5 Å². The number of likely N-dealkylation sites (N-methyl/N-ethyl adjacent to an activating group) is 1. The number of hydrogen-bond acceptors (Lipinski definition) is 11. The molecule has 0 radical (unpaired) electrons. The monoisotopic (exact) mass is 731 g/mol. The fourth-order valence-corrected chi connectivity index (χ4v) is 4.55. The third kappa shape index (κ3) is 11.2. The van der Waals surface area contributed by atoms with E-state index in [0.717, 1.165) is 11.0 Å². The summed E-state index contributed by atoms with van der Waals surface area (Å²) in [5.74, 6) is -2.66. The summed E-state index contributed by atoms with van der Waals surface area (Å²) in [6.45, 7) is 8.86. The predicted octanol–water partition coefficient (Wildman–Crippen LogP) is 1.51. The van der Waals surface area contributed by atoms with Gasteiger partial charge in [0.1, 0.15) is 23.9 Å². The first-order valence-electron chi connectivity index (χ1n) is 15.0. The number of methoxy groups -OCH3 is 1. The van der Waals surface area contributed by atoms with Crippen LogP contribution in [0.2, 0.25) is 5.15 Å². The third-order valence-corrected chi connectivity index (χ3v) is 7.15. The molecule has 3 amide bonds. The van der Waals surface area contributed by atoms with Crippen molar-refractivity contribution in [2.75, 3.05) is 45.8 Å². The normalized spacial score (nSPS) is 11.3. The Balaban J connectivity index is 0.00000112. The number of carboxylic acid groups (broad SMARTS) is 1. The number of halogens is 4. The Kier molecular flexibility index (Phi) is 14.0. The smallest absolute Gasteiger partial charge is 0.430 e. The van der Waals surface area contributed by atoms with Gasteiger partial charge in [0.15, 0.2) is 40.1 Å². The number of imidazole rings is 1. The molecule has 50 heavy (non-hydrogen) atoms. The van der Waals surface area contributed by atoms with Gasteiger partial charge in [-0.25, -0.2) is 23.9 Å². The second-order valence-corrected chi connectivity index (χ2v) is 12.1. The number of nitrogens with one attached hydrogen (secondary N) is 1. The molecule has 276 valence electrons. The number of aromatic nitrogens is 4.